The molecule has 2 fully saturated rings. The molecule has 3 aliphatic rings. The predicted molar refractivity (Wildman–Crippen MR) is 113 cm³/mol. The molecular formula is C24H32O7. The number of rotatable bonds is 3. The maximum absolute atomic E-state index is 12.4. The normalized spacial score (nSPS) is 37.0. The molecule has 0 aromatic carbocycles. The van der Waals surface area contributed by atoms with Crippen LogP contribution < -0.4 is 0 Å². The van der Waals surface area contributed by atoms with Crippen molar-refractivity contribution in [2.75, 3.05) is 6.61 Å². The van der Waals surface area contributed by atoms with Gasteiger partial charge >= 0.3 is 17.9 Å². The molecule has 0 radical (unpaired) electrons. The standard InChI is InChI=1S/C24H32O7/c1-14-8-6-10-15(2)21(29-18(5)26)22-19(16(3)23(27)30-22)12-20-24(31-20,11-7-9-14)13-28-17(4)25/h9-10,19-22H,3,6-8,11-13H2,1-2,4-5H3/b14-9+,15-10+/t19-,20+,21-,22-,24+/m1/s1. The van der Waals surface area contributed by atoms with E-state index < -0.39 is 29.7 Å². The maximum atomic E-state index is 12.4. The van der Waals surface area contributed by atoms with Gasteiger partial charge in [-0.1, -0.05) is 24.3 Å². The van der Waals surface area contributed by atoms with E-state index in [0.717, 1.165) is 24.8 Å². The highest BCUT2D eigenvalue weighted by molar-refractivity contribution is 5.91. The number of hydrogen-bond acceptors (Lipinski definition) is 7. The van der Waals surface area contributed by atoms with Crippen LogP contribution >= 0.6 is 0 Å². The van der Waals surface area contributed by atoms with E-state index in [1.54, 1.807) is 0 Å². The van der Waals surface area contributed by atoms with Crippen LogP contribution in [0.2, 0.25) is 0 Å². The van der Waals surface area contributed by atoms with Gasteiger partial charge in [0.1, 0.15) is 18.3 Å². The van der Waals surface area contributed by atoms with Crippen molar-refractivity contribution >= 4 is 17.9 Å². The molecule has 2 saturated heterocycles. The van der Waals surface area contributed by atoms with Gasteiger partial charge in [0.2, 0.25) is 0 Å². The van der Waals surface area contributed by atoms with Crippen LogP contribution in [-0.2, 0) is 33.3 Å². The van der Waals surface area contributed by atoms with Crippen LogP contribution in [0, 0.1) is 5.92 Å². The van der Waals surface area contributed by atoms with Gasteiger partial charge in [0, 0.05) is 25.3 Å². The fraction of sp³-hybridized carbons (Fsp3) is 0.625. The van der Waals surface area contributed by atoms with Crippen LogP contribution in [0.1, 0.15) is 59.8 Å². The van der Waals surface area contributed by atoms with Crippen LogP contribution in [0.4, 0.5) is 0 Å². The third-order valence-electron chi connectivity index (χ3n) is 6.35. The number of esters is 3. The average molecular weight is 433 g/mol. The van der Waals surface area contributed by atoms with Crippen LogP contribution in [0.5, 0.6) is 0 Å². The number of carbonyl (C=O) groups excluding carboxylic acids is 3. The molecular weight excluding hydrogens is 400 g/mol. The summed E-state index contributed by atoms with van der Waals surface area (Å²) in [5.41, 5.74) is 1.88. The van der Waals surface area contributed by atoms with Crippen LogP contribution in [0.3, 0.4) is 0 Å². The van der Waals surface area contributed by atoms with Gasteiger partial charge in [-0.3, -0.25) is 9.59 Å². The minimum absolute atomic E-state index is 0.171. The van der Waals surface area contributed by atoms with Crippen molar-refractivity contribution < 1.29 is 33.3 Å². The van der Waals surface area contributed by atoms with Crippen molar-refractivity contribution in [1.82, 2.24) is 0 Å². The fourth-order valence-electron chi connectivity index (χ4n) is 4.47. The molecule has 0 spiro atoms. The molecule has 0 bridgehead atoms. The Morgan fingerprint density at radius 1 is 1.19 bits per heavy atom. The minimum Gasteiger partial charge on any atom is -0.463 e. The Kier molecular flexibility index (Phi) is 7.04. The van der Waals surface area contributed by atoms with Crippen molar-refractivity contribution in [1.29, 1.82) is 0 Å². The molecule has 0 saturated carbocycles. The molecule has 5 atom stereocenters. The molecule has 0 N–H and O–H groups in total. The molecule has 2 heterocycles. The topological polar surface area (TPSA) is 91.4 Å². The largest absolute Gasteiger partial charge is 0.463 e. The van der Waals surface area contributed by atoms with Crippen LogP contribution in [-0.4, -0.2) is 48.4 Å². The third kappa shape index (κ3) is 5.45. The van der Waals surface area contributed by atoms with Crippen molar-refractivity contribution in [3.05, 3.63) is 35.5 Å². The highest BCUT2D eigenvalue weighted by Crippen LogP contribution is 2.48. The highest BCUT2D eigenvalue weighted by atomic mass is 16.6. The van der Waals surface area contributed by atoms with Crippen LogP contribution in [0.15, 0.2) is 35.5 Å². The van der Waals surface area contributed by atoms with E-state index in [2.05, 4.69) is 19.6 Å². The summed E-state index contributed by atoms with van der Waals surface area (Å²) in [4.78, 5) is 35.6. The Bertz CT molecular complexity index is 824. The van der Waals surface area contributed by atoms with Crippen molar-refractivity contribution in [2.45, 2.75) is 83.7 Å². The molecule has 0 unspecified atom stereocenters. The summed E-state index contributed by atoms with van der Waals surface area (Å²) in [6, 6.07) is 0. The zero-order valence-electron chi connectivity index (χ0n) is 18.8. The summed E-state index contributed by atoms with van der Waals surface area (Å²) >= 11 is 0. The molecule has 31 heavy (non-hydrogen) atoms. The van der Waals surface area contributed by atoms with E-state index in [1.807, 2.05) is 13.0 Å². The van der Waals surface area contributed by atoms with Crippen molar-refractivity contribution in [3.8, 4) is 0 Å². The summed E-state index contributed by atoms with van der Waals surface area (Å²) in [6.07, 6.45) is 6.35. The average Bonchev–Trinajstić information content (AvgIpc) is 3.30. The zero-order chi connectivity index (χ0) is 22.8. The predicted octanol–water partition coefficient (Wildman–Crippen LogP) is 3.57. The van der Waals surface area contributed by atoms with Gasteiger partial charge in [0.15, 0.2) is 6.10 Å². The van der Waals surface area contributed by atoms with Gasteiger partial charge in [-0.25, -0.2) is 4.79 Å². The second-order valence-electron chi connectivity index (χ2n) is 8.79. The second kappa shape index (κ2) is 9.39. The number of carbonyl (C=O) groups is 3. The summed E-state index contributed by atoms with van der Waals surface area (Å²) in [6.45, 7) is 10.8. The van der Waals surface area contributed by atoms with Crippen molar-refractivity contribution in [2.24, 2.45) is 5.92 Å². The Balaban J connectivity index is 1.92. The Labute approximate surface area is 183 Å². The second-order valence-corrected chi connectivity index (χ2v) is 8.79. The first-order valence-electron chi connectivity index (χ1n) is 10.8. The first kappa shape index (κ1) is 23.3. The van der Waals surface area contributed by atoms with E-state index in [1.165, 1.54) is 19.4 Å². The molecule has 0 amide bonds. The lowest BCUT2D eigenvalue weighted by Gasteiger charge is -2.27. The zero-order valence-corrected chi connectivity index (χ0v) is 18.8. The molecule has 0 aromatic heterocycles. The molecule has 7 heteroatoms. The van der Waals surface area contributed by atoms with E-state index in [0.29, 0.717) is 18.4 Å². The number of hydrogen-bond donors (Lipinski definition) is 0. The molecule has 1 aliphatic carbocycles. The monoisotopic (exact) mass is 432 g/mol. The lowest BCUT2D eigenvalue weighted by molar-refractivity contribution is -0.157. The number of allylic oxidation sites excluding steroid dienone is 3. The Morgan fingerprint density at radius 3 is 2.61 bits per heavy atom. The highest BCUT2D eigenvalue weighted by Gasteiger charge is 2.59. The molecule has 2 aliphatic heterocycles. The van der Waals surface area contributed by atoms with Crippen LogP contribution in [0.25, 0.3) is 0 Å². The first-order chi connectivity index (χ1) is 14.6. The van der Waals surface area contributed by atoms with Gasteiger partial charge in [-0.15, -0.1) is 0 Å². The quantitative estimate of drug-likeness (QED) is 0.221. The van der Waals surface area contributed by atoms with Gasteiger partial charge in [-0.2, -0.15) is 0 Å². The van der Waals surface area contributed by atoms with Gasteiger partial charge in [0.25, 0.3) is 0 Å². The lowest BCUT2D eigenvalue weighted by Crippen LogP contribution is -2.37. The van der Waals surface area contributed by atoms with E-state index in [-0.39, 0.29) is 24.6 Å². The molecule has 3 rings (SSSR count). The summed E-state index contributed by atoms with van der Waals surface area (Å²) in [5.74, 6) is -1.63. The van der Waals surface area contributed by atoms with Gasteiger partial charge in [-0.05, 0) is 51.5 Å². The van der Waals surface area contributed by atoms with E-state index in [4.69, 9.17) is 18.9 Å². The SMILES string of the molecule is C=C1C(=O)O[C@@H]2[C@@H]1C[C@@H]1O[C@]1(COC(C)=O)CC/C=C(\C)CC/C=C(\C)[C@H]2OC(C)=O. The maximum Gasteiger partial charge on any atom is 0.334 e. The molecule has 0 aromatic rings. The fourth-order valence-corrected chi connectivity index (χ4v) is 4.47. The summed E-state index contributed by atoms with van der Waals surface area (Å²) in [7, 11) is 0. The first-order valence-corrected chi connectivity index (χ1v) is 10.8. The minimum atomic E-state index is -0.681. The number of epoxide rings is 1. The Morgan fingerprint density at radius 2 is 1.94 bits per heavy atom. The van der Waals surface area contributed by atoms with E-state index in [9.17, 15) is 14.4 Å². The van der Waals surface area contributed by atoms with E-state index >= 15 is 0 Å². The molecule has 7 nitrogen and oxygen atoms in total. The lowest BCUT2D eigenvalue weighted by atomic mass is 9.83. The smallest absolute Gasteiger partial charge is 0.334 e. The number of ether oxygens (including phenoxy) is 4. The third-order valence-corrected chi connectivity index (χ3v) is 6.35. The molecule has 170 valence electrons. The number of fused-ring (bicyclic) bond motifs is 2. The summed E-state index contributed by atoms with van der Waals surface area (Å²) < 4.78 is 22.6. The van der Waals surface area contributed by atoms with Crippen molar-refractivity contribution in [3.63, 3.8) is 0 Å². The Hall–Kier alpha value is -2.41. The van der Waals surface area contributed by atoms with Gasteiger partial charge in [0.05, 0.1) is 6.10 Å². The van der Waals surface area contributed by atoms with Gasteiger partial charge < -0.3 is 18.9 Å². The summed E-state index contributed by atoms with van der Waals surface area (Å²) in [5, 5.41) is 0.